The molecule has 1 heterocycles. The van der Waals surface area contributed by atoms with Gasteiger partial charge < -0.3 is 20.9 Å². The summed E-state index contributed by atoms with van der Waals surface area (Å²) in [6, 6.07) is 2.76. The zero-order valence-electron chi connectivity index (χ0n) is 23.0. The monoisotopic (exact) mass is 580 g/mol. The van der Waals surface area contributed by atoms with Crippen molar-refractivity contribution in [3.05, 3.63) is 69.8 Å². The van der Waals surface area contributed by atoms with Crippen molar-refractivity contribution in [2.45, 2.75) is 76.3 Å². The van der Waals surface area contributed by atoms with E-state index in [-0.39, 0.29) is 23.5 Å². The molecule has 41 heavy (non-hydrogen) atoms. The third kappa shape index (κ3) is 6.52. The van der Waals surface area contributed by atoms with E-state index in [2.05, 4.69) is 16.0 Å². The van der Waals surface area contributed by atoms with E-state index in [9.17, 15) is 36.3 Å². The van der Waals surface area contributed by atoms with Gasteiger partial charge in [0.2, 0.25) is 17.7 Å². The molecule has 222 valence electrons. The molecule has 2 aliphatic rings. The number of halogens is 5. The quantitative estimate of drug-likeness (QED) is 0.416. The van der Waals surface area contributed by atoms with Crippen LogP contribution in [0.5, 0.6) is 0 Å². The molecule has 1 fully saturated rings. The predicted molar refractivity (Wildman–Crippen MR) is 141 cm³/mol. The molecule has 2 aromatic carbocycles. The van der Waals surface area contributed by atoms with Gasteiger partial charge in [0.05, 0.1) is 17.6 Å². The number of carbonyl (C=O) groups excluding carboxylic acids is 3. The highest BCUT2D eigenvalue weighted by Crippen LogP contribution is 2.35. The summed E-state index contributed by atoms with van der Waals surface area (Å²) in [5.41, 5.74) is -0.280. The van der Waals surface area contributed by atoms with E-state index in [0.29, 0.717) is 42.9 Å². The average molecular weight is 581 g/mol. The lowest BCUT2D eigenvalue weighted by atomic mass is 9.98. The van der Waals surface area contributed by atoms with Gasteiger partial charge in [-0.1, -0.05) is 18.2 Å². The standard InChI is InChI=1S/C29H33F5N4O3/c1-15-12-17(22(31)14-20(15)29(32,33)34)13-24(37-26(39)16(2)35-3)28(41)38-11-5-8-25(38)27(40)36-23-10-9-18-19(23)6-4-7-21(18)30/h4,6-7,12,14,16,23-25,35H,5,8-11,13H2,1-3H3,(H,36,40)(H,37,39)/t16-,23+,24-,25-/m0/s1. The Balaban J connectivity index is 1.56. The molecule has 0 radical (unpaired) electrons. The normalized spacial score (nSPS) is 20.0. The van der Waals surface area contributed by atoms with Crippen molar-refractivity contribution >= 4 is 17.7 Å². The second kappa shape index (κ2) is 12.1. The molecule has 3 amide bonds. The lowest BCUT2D eigenvalue weighted by Gasteiger charge is -2.30. The van der Waals surface area contributed by atoms with Crippen LogP contribution < -0.4 is 16.0 Å². The van der Waals surface area contributed by atoms with Crippen LogP contribution in [-0.4, -0.2) is 54.3 Å². The first kappa shape index (κ1) is 30.4. The van der Waals surface area contributed by atoms with Crippen molar-refractivity contribution in [3.8, 4) is 0 Å². The smallest absolute Gasteiger partial charge is 0.347 e. The number of alkyl halides is 3. The van der Waals surface area contributed by atoms with Crippen LogP contribution in [0.3, 0.4) is 0 Å². The molecule has 2 aromatic rings. The van der Waals surface area contributed by atoms with E-state index >= 15 is 0 Å². The molecule has 12 heteroatoms. The molecular formula is C29H33F5N4O3. The number of likely N-dealkylation sites (N-methyl/N-ethyl adjacent to an activating group) is 1. The Morgan fingerprint density at radius 1 is 1.10 bits per heavy atom. The van der Waals surface area contributed by atoms with Gasteiger partial charge in [-0.3, -0.25) is 14.4 Å². The first-order valence-electron chi connectivity index (χ1n) is 13.5. The highest BCUT2D eigenvalue weighted by Gasteiger charge is 2.40. The molecule has 0 saturated carbocycles. The van der Waals surface area contributed by atoms with Crippen molar-refractivity contribution in [2.24, 2.45) is 0 Å². The maximum Gasteiger partial charge on any atom is 0.416 e. The number of nitrogens with one attached hydrogen (secondary N) is 3. The fourth-order valence-electron chi connectivity index (χ4n) is 5.58. The SMILES string of the molecule is CN[C@@H](C)C(=O)N[C@@H](Cc1cc(C)c(C(F)(F)F)cc1F)C(=O)N1CCC[C@H]1C(=O)N[C@@H]1CCc2c(F)cccc21. The topological polar surface area (TPSA) is 90.5 Å². The van der Waals surface area contributed by atoms with E-state index in [0.717, 1.165) is 6.07 Å². The maximum atomic E-state index is 14.9. The Morgan fingerprint density at radius 2 is 1.83 bits per heavy atom. The molecule has 3 N–H and O–H groups in total. The van der Waals surface area contributed by atoms with Crippen molar-refractivity contribution < 1.29 is 36.3 Å². The lowest BCUT2D eigenvalue weighted by molar-refractivity contribution is -0.141. The van der Waals surface area contributed by atoms with Crippen LogP contribution in [0.4, 0.5) is 22.0 Å². The van der Waals surface area contributed by atoms with E-state index in [1.807, 2.05) is 0 Å². The second-order valence-electron chi connectivity index (χ2n) is 10.6. The molecule has 0 aromatic heterocycles. The minimum absolute atomic E-state index is 0.170. The summed E-state index contributed by atoms with van der Waals surface area (Å²) in [5, 5.41) is 8.24. The molecular weight excluding hydrogens is 547 g/mol. The van der Waals surface area contributed by atoms with Gasteiger partial charge in [0.15, 0.2) is 0 Å². The molecule has 1 aliphatic carbocycles. The summed E-state index contributed by atoms with van der Waals surface area (Å²) in [4.78, 5) is 41.2. The fraction of sp³-hybridized carbons (Fsp3) is 0.483. The van der Waals surface area contributed by atoms with Crippen molar-refractivity contribution in [2.75, 3.05) is 13.6 Å². The Labute approximate surface area is 234 Å². The third-order valence-corrected chi connectivity index (χ3v) is 7.93. The molecule has 0 spiro atoms. The number of carbonyl (C=O) groups is 3. The zero-order valence-corrected chi connectivity index (χ0v) is 23.0. The summed E-state index contributed by atoms with van der Waals surface area (Å²) < 4.78 is 68.9. The number of hydrogen-bond donors (Lipinski definition) is 3. The molecule has 1 aliphatic heterocycles. The van der Waals surface area contributed by atoms with Crippen molar-refractivity contribution in [1.29, 1.82) is 0 Å². The Bertz CT molecular complexity index is 1330. The van der Waals surface area contributed by atoms with Crippen molar-refractivity contribution in [3.63, 3.8) is 0 Å². The Kier molecular flexibility index (Phi) is 9.00. The fourth-order valence-corrected chi connectivity index (χ4v) is 5.58. The molecule has 4 rings (SSSR count). The Morgan fingerprint density at radius 3 is 2.51 bits per heavy atom. The zero-order chi connectivity index (χ0) is 30.1. The summed E-state index contributed by atoms with van der Waals surface area (Å²) in [7, 11) is 1.54. The minimum atomic E-state index is -4.75. The maximum absolute atomic E-state index is 14.9. The van der Waals surface area contributed by atoms with Gasteiger partial charge in [0, 0.05) is 13.0 Å². The van der Waals surface area contributed by atoms with Gasteiger partial charge in [0.1, 0.15) is 23.7 Å². The van der Waals surface area contributed by atoms with E-state index in [4.69, 9.17) is 0 Å². The van der Waals surface area contributed by atoms with Crippen LogP contribution in [-0.2, 0) is 33.4 Å². The number of hydrogen-bond acceptors (Lipinski definition) is 4. The summed E-state index contributed by atoms with van der Waals surface area (Å²) in [5.74, 6) is -3.13. The van der Waals surface area contributed by atoms with Crippen LogP contribution in [0.15, 0.2) is 30.3 Å². The molecule has 0 bridgehead atoms. The number of likely N-dealkylation sites (tertiary alicyclic amines) is 1. The van der Waals surface area contributed by atoms with Crippen LogP contribution in [0.1, 0.15) is 60.0 Å². The lowest BCUT2D eigenvalue weighted by Crippen LogP contribution is -2.56. The van der Waals surface area contributed by atoms with Gasteiger partial charge in [0.25, 0.3) is 0 Å². The molecule has 0 unspecified atom stereocenters. The van der Waals surface area contributed by atoms with Gasteiger partial charge in [-0.15, -0.1) is 0 Å². The minimum Gasteiger partial charge on any atom is -0.347 e. The number of benzene rings is 2. The van der Waals surface area contributed by atoms with E-state index in [1.54, 1.807) is 19.1 Å². The van der Waals surface area contributed by atoms with Crippen molar-refractivity contribution in [1.82, 2.24) is 20.9 Å². The summed E-state index contributed by atoms with van der Waals surface area (Å²) in [6.45, 7) is 2.95. The van der Waals surface area contributed by atoms with Gasteiger partial charge in [-0.05, 0) is 81.0 Å². The van der Waals surface area contributed by atoms with Gasteiger partial charge >= 0.3 is 6.18 Å². The Hall–Kier alpha value is -3.54. The first-order chi connectivity index (χ1) is 19.3. The highest BCUT2D eigenvalue weighted by molar-refractivity contribution is 5.93. The predicted octanol–water partition coefficient (Wildman–Crippen LogP) is 3.72. The average Bonchev–Trinajstić information content (AvgIpc) is 3.57. The molecule has 4 atom stereocenters. The van der Waals surface area contributed by atoms with Crippen LogP contribution in [0.25, 0.3) is 0 Å². The number of amides is 3. The number of nitrogens with zero attached hydrogens (tertiary/aromatic N) is 1. The van der Waals surface area contributed by atoms with E-state index < -0.39 is 65.9 Å². The highest BCUT2D eigenvalue weighted by atomic mass is 19.4. The van der Waals surface area contributed by atoms with Gasteiger partial charge in [-0.2, -0.15) is 13.2 Å². The third-order valence-electron chi connectivity index (χ3n) is 7.93. The largest absolute Gasteiger partial charge is 0.416 e. The summed E-state index contributed by atoms with van der Waals surface area (Å²) >= 11 is 0. The van der Waals surface area contributed by atoms with Crippen LogP contribution in [0.2, 0.25) is 0 Å². The summed E-state index contributed by atoms with van der Waals surface area (Å²) in [6.07, 6.45) is -3.34. The molecule has 1 saturated heterocycles. The van der Waals surface area contributed by atoms with Gasteiger partial charge in [-0.25, -0.2) is 8.78 Å². The molecule has 7 nitrogen and oxygen atoms in total. The second-order valence-corrected chi connectivity index (χ2v) is 10.6. The number of fused-ring (bicyclic) bond motifs is 1. The number of rotatable bonds is 8. The number of aryl methyl sites for hydroxylation is 1. The van der Waals surface area contributed by atoms with E-state index in [1.165, 1.54) is 24.9 Å². The first-order valence-corrected chi connectivity index (χ1v) is 13.5. The van der Waals surface area contributed by atoms with Crippen LogP contribution >= 0.6 is 0 Å². The van der Waals surface area contributed by atoms with Crippen LogP contribution in [0, 0.1) is 18.6 Å².